The van der Waals surface area contributed by atoms with Gasteiger partial charge >= 0.3 is 12.0 Å². The van der Waals surface area contributed by atoms with Gasteiger partial charge in [-0.1, -0.05) is 36.4 Å². The lowest BCUT2D eigenvalue weighted by atomic mass is 10.0. The van der Waals surface area contributed by atoms with E-state index in [1.165, 1.54) is 13.2 Å². The molecule has 1 fully saturated rings. The number of methoxy groups -OCH3 is 1. The van der Waals surface area contributed by atoms with Crippen LogP contribution >= 0.6 is 0 Å². The zero-order valence-electron chi connectivity index (χ0n) is 18.6. The average Bonchev–Trinajstić information content (AvgIpc) is 3.06. The van der Waals surface area contributed by atoms with E-state index in [0.29, 0.717) is 36.7 Å². The van der Waals surface area contributed by atoms with E-state index in [4.69, 9.17) is 9.47 Å². The van der Waals surface area contributed by atoms with Crippen molar-refractivity contribution in [2.75, 3.05) is 20.3 Å². The lowest BCUT2D eigenvalue weighted by Gasteiger charge is -2.17. The Kier molecular flexibility index (Phi) is 7.86. The molecular formula is C25H26N2O6. The molecule has 1 aliphatic rings. The van der Waals surface area contributed by atoms with Gasteiger partial charge in [0.15, 0.2) is 11.5 Å². The summed E-state index contributed by atoms with van der Waals surface area (Å²) in [5, 5.41) is 2.49. The smallest absolute Gasteiger partial charge is 0.329 e. The van der Waals surface area contributed by atoms with E-state index < -0.39 is 24.5 Å². The molecule has 0 unspecified atom stereocenters. The van der Waals surface area contributed by atoms with Crippen LogP contribution in [0.15, 0.2) is 60.8 Å². The summed E-state index contributed by atoms with van der Waals surface area (Å²) in [5.41, 5.74) is 2.52. The van der Waals surface area contributed by atoms with Crippen LogP contribution in [0.2, 0.25) is 0 Å². The molecule has 1 N–H and O–H groups in total. The molecule has 1 heterocycles. The van der Waals surface area contributed by atoms with E-state index in [9.17, 15) is 14.4 Å². The van der Waals surface area contributed by atoms with Crippen LogP contribution in [-0.2, 0) is 27.4 Å². The van der Waals surface area contributed by atoms with Gasteiger partial charge in [-0.25, -0.2) is 9.69 Å². The molecule has 0 saturated carbocycles. The van der Waals surface area contributed by atoms with Crippen LogP contribution in [-0.4, -0.2) is 43.1 Å². The summed E-state index contributed by atoms with van der Waals surface area (Å²) in [6.07, 6.45) is 3.79. The number of nitrogens with zero attached hydrogens (tertiary/aromatic N) is 1. The summed E-state index contributed by atoms with van der Waals surface area (Å²) in [6, 6.07) is 12.7. The predicted octanol–water partition coefficient (Wildman–Crippen LogP) is 3.46. The van der Waals surface area contributed by atoms with Crippen molar-refractivity contribution in [2.24, 2.45) is 0 Å². The summed E-state index contributed by atoms with van der Waals surface area (Å²) >= 11 is 0. The quantitative estimate of drug-likeness (QED) is 0.258. The van der Waals surface area contributed by atoms with Gasteiger partial charge in [0.05, 0.1) is 13.7 Å². The molecule has 0 aromatic heterocycles. The van der Waals surface area contributed by atoms with Gasteiger partial charge in [0, 0.05) is 5.56 Å². The second-order valence-corrected chi connectivity index (χ2v) is 7.16. The number of ether oxygens (including phenoxy) is 3. The molecule has 1 aliphatic heterocycles. The van der Waals surface area contributed by atoms with Crippen molar-refractivity contribution in [3.63, 3.8) is 0 Å². The molecule has 0 aliphatic carbocycles. The molecule has 1 saturated heterocycles. The number of imide groups is 1. The maximum Gasteiger partial charge on any atom is 0.329 e. The SMILES string of the molecule is C=CCc1cc(/C=C2/NC(=O)N(CC(=O)OC)C2=O)cc(OCC)c1OCc1ccccc1. The Morgan fingerprint density at radius 3 is 2.58 bits per heavy atom. The topological polar surface area (TPSA) is 94.2 Å². The first-order valence-corrected chi connectivity index (χ1v) is 10.5. The molecule has 33 heavy (non-hydrogen) atoms. The minimum atomic E-state index is -0.688. The molecule has 0 spiro atoms. The van der Waals surface area contributed by atoms with Crippen LogP contribution in [0.4, 0.5) is 4.79 Å². The third kappa shape index (κ3) is 5.79. The Hall–Kier alpha value is -4.07. The van der Waals surface area contributed by atoms with Crippen molar-refractivity contribution in [1.29, 1.82) is 0 Å². The van der Waals surface area contributed by atoms with Crippen LogP contribution in [0.5, 0.6) is 11.5 Å². The van der Waals surface area contributed by atoms with Gasteiger partial charge in [0.25, 0.3) is 5.91 Å². The van der Waals surface area contributed by atoms with Crippen molar-refractivity contribution in [1.82, 2.24) is 10.2 Å². The van der Waals surface area contributed by atoms with Crippen molar-refractivity contribution in [2.45, 2.75) is 20.0 Å². The summed E-state index contributed by atoms with van der Waals surface area (Å²) in [4.78, 5) is 37.0. The molecule has 2 aromatic rings. The van der Waals surface area contributed by atoms with E-state index in [0.717, 1.165) is 16.0 Å². The molecule has 8 heteroatoms. The number of amides is 3. The summed E-state index contributed by atoms with van der Waals surface area (Å²) in [7, 11) is 1.19. The van der Waals surface area contributed by atoms with E-state index in [2.05, 4.69) is 16.6 Å². The highest BCUT2D eigenvalue weighted by Gasteiger charge is 2.35. The minimum absolute atomic E-state index is 0.0499. The van der Waals surface area contributed by atoms with Crippen LogP contribution in [0, 0.1) is 0 Å². The molecule has 0 radical (unpaired) electrons. The summed E-state index contributed by atoms with van der Waals surface area (Å²) < 4.78 is 16.5. The maximum atomic E-state index is 12.6. The van der Waals surface area contributed by atoms with Crippen LogP contribution in [0.25, 0.3) is 6.08 Å². The first-order chi connectivity index (χ1) is 16.0. The first kappa shape index (κ1) is 23.6. The van der Waals surface area contributed by atoms with Gasteiger partial charge in [-0.15, -0.1) is 6.58 Å². The van der Waals surface area contributed by atoms with Crippen LogP contribution in [0.1, 0.15) is 23.6 Å². The van der Waals surface area contributed by atoms with Gasteiger partial charge in [0.2, 0.25) is 0 Å². The Balaban J connectivity index is 1.92. The Morgan fingerprint density at radius 1 is 1.15 bits per heavy atom. The predicted molar refractivity (Wildman–Crippen MR) is 123 cm³/mol. The van der Waals surface area contributed by atoms with Gasteiger partial charge in [0.1, 0.15) is 18.8 Å². The van der Waals surface area contributed by atoms with Crippen LogP contribution in [0.3, 0.4) is 0 Å². The number of hydrogen-bond donors (Lipinski definition) is 1. The highest BCUT2D eigenvalue weighted by molar-refractivity contribution is 6.15. The fraction of sp³-hybridized carbons (Fsp3) is 0.240. The second kappa shape index (κ2) is 11.0. The lowest BCUT2D eigenvalue weighted by molar-refractivity contribution is -0.143. The summed E-state index contributed by atoms with van der Waals surface area (Å²) in [6.45, 7) is 6.00. The lowest BCUT2D eigenvalue weighted by Crippen LogP contribution is -2.36. The molecule has 0 bridgehead atoms. The largest absolute Gasteiger partial charge is 0.490 e. The molecular weight excluding hydrogens is 424 g/mol. The van der Waals surface area contributed by atoms with Crippen molar-refractivity contribution >= 4 is 24.0 Å². The highest BCUT2D eigenvalue weighted by atomic mass is 16.5. The zero-order chi connectivity index (χ0) is 23.8. The number of esters is 1. The van der Waals surface area contributed by atoms with Gasteiger partial charge < -0.3 is 19.5 Å². The standard InChI is InChI=1S/C25H26N2O6/c1-4-9-19-12-18(13-20-24(29)27(25(30)26-20)15-22(28)31-3)14-21(32-5-2)23(19)33-16-17-10-7-6-8-11-17/h4,6-8,10-14H,1,5,9,15-16H2,2-3H3,(H,26,30)/b20-13+. The first-order valence-electron chi connectivity index (χ1n) is 10.5. The van der Waals surface area contributed by atoms with E-state index in [1.807, 2.05) is 43.3 Å². The van der Waals surface area contributed by atoms with E-state index >= 15 is 0 Å². The van der Waals surface area contributed by atoms with Crippen molar-refractivity contribution in [3.05, 3.63) is 77.5 Å². The third-order valence-electron chi connectivity index (χ3n) is 4.83. The Labute approximate surface area is 192 Å². The Morgan fingerprint density at radius 2 is 1.91 bits per heavy atom. The second-order valence-electron chi connectivity index (χ2n) is 7.16. The molecule has 3 amide bonds. The molecule has 0 atom stereocenters. The number of carbonyl (C=O) groups excluding carboxylic acids is 3. The number of nitrogens with one attached hydrogen (secondary N) is 1. The van der Waals surface area contributed by atoms with E-state index in [1.54, 1.807) is 12.1 Å². The van der Waals surface area contributed by atoms with Gasteiger partial charge in [-0.2, -0.15) is 0 Å². The molecule has 8 nitrogen and oxygen atoms in total. The molecule has 172 valence electrons. The minimum Gasteiger partial charge on any atom is -0.490 e. The fourth-order valence-corrected chi connectivity index (χ4v) is 3.31. The number of urea groups is 1. The number of rotatable bonds is 10. The van der Waals surface area contributed by atoms with Gasteiger partial charge in [-0.05, 0) is 42.7 Å². The number of benzene rings is 2. The number of hydrogen-bond acceptors (Lipinski definition) is 6. The van der Waals surface area contributed by atoms with Crippen LogP contribution < -0.4 is 14.8 Å². The monoisotopic (exact) mass is 450 g/mol. The van der Waals surface area contributed by atoms with E-state index in [-0.39, 0.29) is 5.70 Å². The zero-order valence-corrected chi connectivity index (χ0v) is 18.6. The Bertz CT molecular complexity index is 1080. The average molecular weight is 450 g/mol. The third-order valence-corrected chi connectivity index (χ3v) is 4.83. The maximum absolute atomic E-state index is 12.6. The molecule has 2 aromatic carbocycles. The number of allylic oxidation sites excluding steroid dienone is 1. The summed E-state index contributed by atoms with van der Waals surface area (Å²) in [5.74, 6) is -0.190. The van der Waals surface area contributed by atoms with Crippen molar-refractivity contribution < 1.29 is 28.6 Å². The van der Waals surface area contributed by atoms with Gasteiger partial charge in [-0.3, -0.25) is 9.59 Å². The normalized spacial score (nSPS) is 14.2. The highest BCUT2D eigenvalue weighted by Crippen LogP contribution is 2.35. The molecule has 3 rings (SSSR count). The van der Waals surface area contributed by atoms with Crippen molar-refractivity contribution in [3.8, 4) is 11.5 Å². The number of carbonyl (C=O) groups is 3. The fourth-order valence-electron chi connectivity index (χ4n) is 3.31.